The number of fused-ring (bicyclic) bond motifs is 1. The Hall–Kier alpha value is -0.750. The summed E-state index contributed by atoms with van der Waals surface area (Å²) in [5.41, 5.74) is 1.17. The predicted octanol–water partition coefficient (Wildman–Crippen LogP) is 2.88. The average Bonchev–Trinajstić information content (AvgIpc) is 2.53. The number of nitrogens with zero attached hydrogens (tertiary/aromatic N) is 2. The van der Waals surface area contributed by atoms with Crippen molar-refractivity contribution in [3.8, 4) is 0 Å². The molecule has 1 fully saturated rings. The molecule has 1 saturated heterocycles. The third-order valence-electron chi connectivity index (χ3n) is 3.09. The van der Waals surface area contributed by atoms with Crippen molar-refractivity contribution >= 4 is 33.2 Å². The van der Waals surface area contributed by atoms with Crippen LogP contribution in [-0.2, 0) is 16.1 Å². The molecule has 2 aromatic heterocycles. The first kappa shape index (κ1) is 12.3. The summed E-state index contributed by atoms with van der Waals surface area (Å²) in [6, 6.07) is 0. The van der Waals surface area contributed by atoms with Crippen LogP contribution in [0, 0.1) is 13.8 Å². The van der Waals surface area contributed by atoms with Gasteiger partial charge in [-0.2, -0.15) is 0 Å². The van der Waals surface area contributed by atoms with Gasteiger partial charge >= 0.3 is 0 Å². The second kappa shape index (κ2) is 4.74. The Bertz CT molecular complexity index is 595. The fourth-order valence-corrected chi connectivity index (χ4v) is 3.24. The fourth-order valence-electron chi connectivity index (χ4n) is 1.81. The summed E-state index contributed by atoms with van der Waals surface area (Å²) in [6.45, 7) is 5.82. The zero-order valence-corrected chi connectivity index (χ0v) is 11.8. The summed E-state index contributed by atoms with van der Waals surface area (Å²) in [6.07, 6.45) is 0.176. The lowest BCUT2D eigenvalue weighted by Crippen LogP contribution is -2.36. The highest BCUT2D eigenvalue weighted by molar-refractivity contribution is 7.18. The van der Waals surface area contributed by atoms with Crippen LogP contribution in [0.15, 0.2) is 0 Å². The molecule has 0 N–H and O–H groups in total. The van der Waals surface area contributed by atoms with E-state index in [1.54, 1.807) is 11.3 Å². The summed E-state index contributed by atoms with van der Waals surface area (Å²) in [5.74, 6) is 0.639. The van der Waals surface area contributed by atoms with Gasteiger partial charge in [-0.05, 0) is 19.4 Å². The molecule has 6 heteroatoms. The largest absolute Gasteiger partial charge is 0.376 e. The standard InChI is InChI=1S/C12H13ClN2O2S/c1-6-7(2)18-12-10(6)11(13)14-9(15-12)5-17-8-3-16-4-8/h8H,3-5H2,1-2H3. The second-order valence-corrected chi connectivity index (χ2v) is 5.93. The maximum Gasteiger partial charge on any atom is 0.157 e. The fraction of sp³-hybridized carbons (Fsp3) is 0.500. The molecule has 0 aromatic carbocycles. The van der Waals surface area contributed by atoms with E-state index < -0.39 is 0 Å². The van der Waals surface area contributed by atoms with Gasteiger partial charge in [0, 0.05) is 4.88 Å². The molecule has 96 valence electrons. The van der Waals surface area contributed by atoms with Gasteiger partial charge in [-0.1, -0.05) is 11.6 Å². The van der Waals surface area contributed by atoms with Crippen LogP contribution >= 0.6 is 22.9 Å². The molecule has 0 amide bonds. The van der Waals surface area contributed by atoms with Gasteiger partial charge in [0.1, 0.15) is 22.7 Å². The topological polar surface area (TPSA) is 44.2 Å². The molecule has 0 unspecified atom stereocenters. The predicted molar refractivity (Wildman–Crippen MR) is 71.3 cm³/mol. The Kier molecular flexibility index (Phi) is 3.23. The van der Waals surface area contributed by atoms with Crippen LogP contribution in [-0.4, -0.2) is 29.3 Å². The third kappa shape index (κ3) is 2.12. The Morgan fingerprint density at radius 2 is 2.17 bits per heavy atom. The van der Waals surface area contributed by atoms with E-state index in [0.29, 0.717) is 30.8 Å². The van der Waals surface area contributed by atoms with Crippen molar-refractivity contribution in [2.75, 3.05) is 13.2 Å². The van der Waals surface area contributed by atoms with Crippen molar-refractivity contribution in [2.45, 2.75) is 26.6 Å². The van der Waals surface area contributed by atoms with Crippen LogP contribution in [0.2, 0.25) is 5.15 Å². The molecule has 18 heavy (non-hydrogen) atoms. The van der Waals surface area contributed by atoms with E-state index in [4.69, 9.17) is 21.1 Å². The van der Waals surface area contributed by atoms with E-state index in [2.05, 4.69) is 16.9 Å². The van der Waals surface area contributed by atoms with Gasteiger partial charge in [-0.3, -0.25) is 0 Å². The van der Waals surface area contributed by atoms with Gasteiger partial charge in [0.15, 0.2) is 5.82 Å². The van der Waals surface area contributed by atoms with Crippen molar-refractivity contribution in [1.29, 1.82) is 0 Å². The van der Waals surface area contributed by atoms with Crippen LogP contribution in [0.1, 0.15) is 16.3 Å². The zero-order chi connectivity index (χ0) is 12.7. The number of ether oxygens (including phenoxy) is 2. The van der Waals surface area contributed by atoms with Crippen LogP contribution in [0.4, 0.5) is 0 Å². The second-order valence-electron chi connectivity index (χ2n) is 4.36. The Morgan fingerprint density at radius 3 is 2.83 bits per heavy atom. The molecule has 0 saturated carbocycles. The number of halogens is 1. The lowest BCUT2D eigenvalue weighted by Gasteiger charge is -2.25. The first-order chi connectivity index (χ1) is 8.65. The number of hydrogen-bond acceptors (Lipinski definition) is 5. The van der Waals surface area contributed by atoms with Crippen molar-refractivity contribution in [1.82, 2.24) is 9.97 Å². The monoisotopic (exact) mass is 284 g/mol. The molecule has 2 aromatic rings. The van der Waals surface area contributed by atoms with E-state index in [1.165, 1.54) is 10.4 Å². The number of hydrogen-bond donors (Lipinski definition) is 0. The normalized spacial score (nSPS) is 16.2. The minimum absolute atomic E-state index is 0.176. The van der Waals surface area contributed by atoms with E-state index in [-0.39, 0.29) is 6.10 Å². The molecule has 1 aliphatic heterocycles. The minimum Gasteiger partial charge on any atom is -0.376 e. The molecule has 0 aliphatic carbocycles. The smallest absolute Gasteiger partial charge is 0.157 e. The van der Waals surface area contributed by atoms with Crippen molar-refractivity contribution in [3.63, 3.8) is 0 Å². The lowest BCUT2D eigenvalue weighted by atomic mass is 10.2. The Balaban J connectivity index is 1.89. The third-order valence-corrected chi connectivity index (χ3v) is 4.46. The quantitative estimate of drug-likeness (QED) is 0.813. The molecule has 0 radical (unpaired) electrons. The Labute approximate surface area is 114 Å². The zero-order valence-electron chi connectivity index (χ0n) is 10.2. The molecule has 3 heterocycles. The summed E-state index contributed by atoms with van der Waals surface area (Å²) < 4.78 is 10.6. The lowest BCUT2D eigenvalue weighted by molar-refractivity contribution is -0.136. The van der Waals surface area contributed by atoms with Gasteiger partial charge in [0.05, 0.1) is 18.6 Å². The van der Waals surface area contributed by atoms with Crippen LogP contribution in [0.3, 0.4) is 0 Å². The first-order valence-corrected chi connectivity index (χ1v) is 6.96. The molecule has 0 spiro atoms. The molecule has 3 rings (SSSR count). The molecular formula is C12H13ClN2O2S. The van der Waals surface area contributed by atoms with E-state index >= 15 is 0 Å². The van der Waals surface area contributed by atoms with Gasteiger partial charge in [0.2, 0.25) is 0 Å². The highest BCUT2D eigenvalue weighted by Gasteiger charge is 2.20. The van der Waals surface area contributed by atoms with Crippen LogP contribution < -0.4 is 0 Å². The molecule has 1 aliphatic rings. The molecule has 0 atom stereocenters. The van der Waals surface area contributed by atoms with Gasteiger partial charge in [-0.15, -0.1) is 11.3 Å². The highest BCUT2D eigenvalue weighted by atomic mass is 35.5. The van der Waals surface area contributed by atoms with E-state index in [1.807, 2.05) is 6.92 Å². The van der Waals surface area contributed by atoms with E-state index in [0.717, 1.165) is 10.2 Å². The van der Waals surface area contributed by atoms with Gasteiger partial charge in [0.25, 0.3) is 0 Å². The van der Waals surface area contributed by atoms with Gasteiger partial charge in [-0.25, -0.2) is 9.97 Å². The first-order valence-electron chi connectivity index (χ1n) is 5.76. The summed E-state index contributed by atoms with van der Waals surface area (Å²) in [7, 11) is 0. The highest BCUT2D eigenvalue weighted by Crippen LogP contribution is 2.32. The number of thiophene rings is 1. The minimum atomic E-state index is 0.176. The number of rotatable bonds is 3. The van der Waals surface area contributed by atoms with Crippen LogP contribution in [0.5, 0.6) is 0 Å². The maximum absolute atomic E-state index is 6.22. The molecular weight excluding hydrogens is 272 g/mol. The molecule has 0 bridgehead atoms. The summed E-state index contributed by atoms with van der Waals surface area (Å²) in [5, 5.41) is 1.49. The number of aromatic nitrogens is 2. The van der Waals surface area contributed by atoms with Crippen molar-refractivity contribution < 1.29 is 9.47 Å². The Morgan fingerprint density at radius 1 is 1.39 bits per heavy atom. The van der Waals surface area contributed by atoms with Crippen molar-refractivity contribution in [3.05, 3.63) is 21.4 Å². The SMILES string of the molecule is Cc1sc2nc(COC3COC3)nc(Cl)c2c1C. The van der Waals surface area contributed by atoms with Crippen LogP contribution in [0.25, 0.3) is 10.2 Å². The van der Waals surface area contributed by atoms with E-state index in [9.17, 15) is 0 Å². The van der Waals surface area contributed by atoms with Crippen molar-refractivity contribution in [2.24, 2.45) is 0 Å². The summed E-state index contributed by atoms with van der Waals surface area (Å²) in [4.78, 5) is 11.0. The summed E-state index contributed by atoms with van der Waals surface area (Å²) >= 11 is 7.86. The average molecular weight is 285 g/mol. The molecule has 4 nitrogen and oxygen atoms in total. The number of aryl methyl sites for hydroxylation is 2. The van der Waals surface area contributed by atoms with Gasteiger partial charge < -0.3 is 9.47 Å². The maximum atomic E-state index is 6.22.